The maximum absolute atomic E-state index is 13.4. The van der Waals surface area contributed by atoms with Crippen LogP contribution in [0.15, 0.2) is 36.4 Å². The van der Waals surface area contributed by atoms with Crippen LogP contribution in [0.5, 0.6) is 0 Å². The van der Waals surface area contributed by atoms with Gasteiger partial charge in [-0.2, -0.15) is 0 Å². The molecule has 0 spiro atoms. The van der Waals surface area contributed by atoms with E-state index in [1.54, 1.807) is 0 Å². The molecule has 0 atom stereocenters. The van der Waals surface area contributed by atoms with E-state index in [2.05, 4.69) is 0 Å². The van der Waals surface area contributed by atoms with Crippen molar-refractivity contribution in [3.8, 4) is 0 Å². The Kier molecular flexibility index (Phi) is 13.3. The minimum absolute atomic E-state index is 0. The number of halogens is 16. The van der Waals surface area contributed by atoms with Gasteiger partial charge >= 0.3 is 17.1 Å². The average molecular weight is 798 g/mol. The van der Waals surface area contributed by atoms with Crippen molar-refractivity contribution in [2.45, 2.75) is 0 Å². The standard InChI is InChI=1S/2C15H4F8O2.Cu/c2*16-4-1-5(17)13(21)10(12(4)20)8(24)3-9(25)11-14(22)6(18)2-7(19)15(11)23;/h2*1-3,24H;/q;;+2/p-2/b2*8-3-;. The first-order valence-electron chi connectivity index (χ1n) is 12.3. The number of hydrogen-bond acceptors (Lipinski definition) is 4. The molecular formula is C30H6CuF16O4. The van der Waals surface area contributed by atoms with Crippen LogP contribution in [0.25, 0.3) is 11.5 Å². The van der Waals surface area contributed by atoms with E-state index in [-0.39, 0.29) is 53.5 Å². The number of carbonyl (C=O) groups excluding carboxylic acids is 2. The quantitative estimate of drug-likeness (QED) is 0.0540. The molecular weight excluding hydrogens is 792 g/mol. The molecule has 0 heterocycles. The molecule has 1 radical (unpaired) electrons. The van der Waals surface area contributed by atoms with Gasteiger partial charge in [0.1, 0.15) is 0 Å². The van der Waals surface area contributed by atoms with Crippen molar-refractivity contribution in [1.29, 1.82) is 0 Å². The van der Waals surface area contributed by atoms with Gasteiger partial charge in [-0.05, 0) is 12.2 Å². The largest absolute Gasteiger partial charge is 2.00 e. The fourth-order valence-corrected chi connectivity index (χ4v) is 3.68. The molecule has 0 bridgehead atoms. The molecule has 0 aliphatic heterocycles. The summed E-state index contributed by atoms with van der Waals surface area (Å²) >= 11 is 0. The molecule has 0 N–H and O–H groups in total. The Morgan fingerprint density at radius 2 is 0.510 bits per heavy atom. The van der Waals surface area contributed by atoms with Crippen LogP contribution < -0.4 is 10.2 Å². The first-order valence-corrected chi connectivity index (χ1v) is 12.3. The van der Waals surface area contributed by atoms with E-state index in [4.69, 9.17) is 0 Å². The molecule has 51 heavy (non-hydrogen) atoms. The predicted octanol–water partition coefficient (Wildman–Crippen LogP) is 6.76. The topological polar surface area (TPSA) is 80.3 Å². The van der Waals surface area contributed by atoms with Crippen molar-refractivity contribution >= 4 is 23.1 Å². The van der Waals surface area contributed by atoms with Crippen LogP contribution in [-0.4, -0.2) is 11.6 Å². The monoisotopic (exact) mass is 797 g/mol. The summed E-state index contributed by atoms with van der Waals surface area (Å²) in [5.41, 5.74) is -7.43. The fraction of sp³-hybridized carbons (Fsp3) is 0. The van der Waals surface area contributed by atoms with Crippen LogP contribution in [0.3, 0.4) is 0 Å². The van der Waals surface area contributed by atoms with Gasteiger partial charge in [0, 0.05) is 35.4 Å². The number of benzene rings is 4. The van der Waals surface area contributed by atoms with Crippen LogP contribution in [0, 0.1) is 93.1 Å². The second kappa shape index (κ2) is 16.2. The Balaban J connectivity index is 0.000000347. The zero-order valence-corrected chi connectivity index (χ0v) is 24.4. The van der Waals surface area contributed by atoms with E-state index >= 15 is 0 Å². The second-order valence-electron chi connectivity index (χ2n) is 9.12. The molecule has 0 amide bonds. The molecule has 4 nitrogen and oxygen atoms in total. The normalized spacial score (nSPS) is 11.5. The molecule has 0 fully saturated rings. The van der Waals surface area contributed by atoms with Crippen molar-refractivity contribution in [2.24, 2.45) is 0 Å². The zero-order chi connectivity index (χ0) is 38.1. The molecule has 4 rings (SSSR count). The molecule has 21 heteroatoms. The summed E-state index contributed by atoms with van der Waals surface area (Å²) in [5, 5.41) is 23.3. The molecule has 0 saturated heterocycles. The number of allylic oxidation sites excluding steroid dienone is 2. The Labute approximate surface area is 282 Å². The van der Waals surface area contributed by atoms with Crippen molar-refractivity contribution in [2.75, 3.05) is 0 Å². The van der Waals surface area contributed by atoms with Gasteiger partial charge in [-0.15, -0.1) is 0 Å². The molecule has 0 aliphatic carbocycles. The van der Waals surface area contributed by atoms with E-state index in [0.717, 1.165) is 0 Å². The molecule has 273 valence electrons. The number of ketones is 2. The summed E-state index contributed by atoms with van der Waals surface area (Å²) in [4.78, 5) is 23.3. The smallest absolute Gasteiger partial charge is 0.872 e. The minimum atomic E-state index is -2.17. The first-order chi connectivity index (χ1) is 23.1. The Bertz CT molecular complexity index is 1890. The van der Waals surface area contributed by atoms with Gasteiger partial charge in [0.25, 0.3) is 0 Å². The van der Waals surface area contributed by atoms with Crippen molar-refractivity contribution < 1.29 is 107 Å². The Morgan fingerprint density at radius 1 is 0.353 bits per heavy atom. The number of hydrogen-bond donors (Lipinski definition) is 0. The molecule has 0 aromatic heterocycles. The Hall–Kier alpha value is -5.30. The minimum Gasteiger partial charge on any atom is -0.872 e. The van der Waals surface area contributed by atoms with Crippen molar-refractivity contribution in [3.05, 3.63) is 152 Å². The average Bonchev–Trinajstić information content (AvgIpc) is 3.01. The molecule has 4 aromatic rings. The van der Waals surface area contributed by atoms with Crippen LogP contribution in [0.1, 0.15) is 31.8 Å². The first kappa shape index (κ1) is 41.9. The summed E-state index contributed by atoms with van der Waals surface area (Å²) in [6, 6.07) is -0.871. The molecule has 4 aromatic carbocycles. The summed E-state index contributed by atoms with van der Waals surface area (Å²) in [6.07, 6.45) is -0.721. The van der Waals surface area contributed by atoms with Crippen molar-refractivity contribution in [1.82, 2.24) is 0 Å². The van der Waals surface area contributed by atoms with Gasteiger partial charge in [-0.1, -0.05) is 11.5 Å². The van der Waals surface area contributed by atoms with E-state index in [9.17, 15) is 90.0 Å². The van der Waals surface area contributed by atoms with Gasteiger partial charge in [-0.25, -0.2) is 70.2 Å². The Morgan fingerprint density at radius 3 is 0.686 bits per heavy atom. The van der Waals surface area contributed by atoms with Gasteiger partial charge in [-0.3, -0.25) is 9.59 Å². The van der Waals surface area contributed by atoms with E-state index < -0.39 is 138 Å². The number of carbonyl (C=O) groups is 2. The molecule has 0 saturated carbocycles. The molecule has 0 aliphatic rings. The van der Waals surface area contributed by atoms with Crippen molar-refractivity contribution in [3.63, 3.8) is 0 Å². The van der Waals surface area contributed by atoms with Crippen LogP contribution in [0.2, 0.25) is 0 Å². The van der Waals surface area contributed by atoms with E-state index in [1.807, 2.05) is 0 Å². The van der Waals surface area contributed by atoms with Crippen LogP contribution in [0.4, 0.5) is 70.2 Å². The van der Waals surface area contributed by atoms with Gasteiger partial charge in [0.05, 0.1) is 11.1 Å². The SMILES string of the molecule is O=C(/C=C(\[O-])c1c(F)c(F)cc(F)c1F)c1c(F)c(F)cc(F)c1F.O=C(/C=C(\[O-])c1c(F)c(F)cc(F)c1F)c1c(F)c(F)cc(F)c1F.[Cu+2]. The summed E-state index contributed by atoms with van der Waals surface area (Å²) < 4.78 is 212. The van der Waals surface area contributed by atoms with Gasteiger partial charge in [0.2, 0.25) is 0 Å². The number of rotatable bonds is 6. The third kappa shape index (κ3) is 8.37. The maximum atomic E-state index is 13.4. The van der Waals surface area contributed by atoms with E-state index in [0.29, 0.717) is 0 Å². The zero-order valence-electron chi connectivity index (χ0n) is 23.4. The summed E-state index contributed by atoms with van der Waals surface area (Å²) in [5.74, 6) is -41.2. The fourth-order valence-electron chi connectivity index (χ4n) is 3.68. The third-order valence-electron chi connectivity index (χ3n) is 5.96. The predicted molar refractivity (Wildman–Crippen MR) is 130 cm³/mol. The second-order valence-corrected chi connectivity index (χ2v) is 9.12. The maximum Gasteiger partial charge on any atom is 2.00 e. The van der Waals surface area contributed by atoms with E-state index in [1.165, 1.54) is 0 Å². The third-order valence-corrected chi connectivity index (χ3v) is 5.96. The van der Waals surface area contributed by atoms with Crippen LogP contribution in [-0.2, 0) is 17.1 Å². The van der Waals surface area contributed by atoms with Crippen LogP contribution >= 0.6 is 0 Å². The summed E-state index contributed by atoms with van der Waals surface area (Å²) in [6.45, 7) is 0. The molecule has 0 unspecified atom stereocenters. The van der Waals surface area contributed by atoms with Gasteiger partial charge < -0.3 is 10.2 Å². The van der Waals surface area contributed by atoms with Gasteiger partial charge in [0.15, 0.2) is 105 Å². The summed E-state index contributed by atoms with van der Waals surface area (Å²) in [7, 11) is 0.